The van der Waals surface area contributed by atoms with E-state index in [-0.39, 0.29) is 4.68 Å². The van der Waals surface area contributed by atoms with Crippen molar-refractivity contribution < 1.29 is 9.90 Å². The van der Waals surface area contributed by atoms with Gasteiger partial charge >= 0.3 is 55.4 Å². The number of rotatable bonds is 2. The van der Waals surface area contributed by atoms with Crippen molar-refractivity contribution >= 4 is 20.7 Å². The van der Waals surface area contributed by atoms with E-state index in [0.29, 0.717) is 0 Å². The number of aliphatic hydroxyl groups is 1. The quantitative estimate of drug-likeness (QED) is 0.504. The normalized spacial score (nSPS) is 17.4. The fraction of sp³-hybridized carbons (Fsp3) is 0.750. The summed E-state index contributed by atoms with van der Waals surface area (Å²) in [6.07, 6.45) is -0.760. The minimum absolute atomic E-state index is 0.306. The summed E-state index contributed by atoms with van der Waals surface area (Å²) in [7, 11) is 0. The molecular formula is C4H8NO2Se. The summed E-state index contributed by atoms with van der Waals surface area (Å²) in [5.41, 5.74) is 5.13. The number of hydrogen-bond donors (Lipinski definition) is 2. The molecule has 47 valence electrons. The Morgan fingerprint density at radius 2 is 2.25 bits per heavy atom. The third-order valence-corrected chi connectivity index (χ3v) is 1.36. The molecule has 4 heteroatoms. The minimum atomic E-state index is -0.769. The molecule has 1 radical (unpaired) electrons. The van der Waals surface area contributed by atoms with Crippen molar-refractivity contribution in [3.8, 4) is 0 Å². The molecule has 0 fully saturated rings. The average Bonchev–Trinajstić information content (AvgIpc) is 1.64. The Balaban J connectivity index is 3.64. The van der Waals surface area contributed by atoms with Crippen molar-refractivity contribution in [3.05, 3.63) is 0 Å². The molecule has 0 heterocycles. The maximum absolute atomic E-state index is 10.2. The van der Waals surface area contributed by atoms with Gasteiger partial charge in [0.1, 0.15) is 0 Å². The molecule has 0 aliphatic carbocycles. The standard InChI is InChI=1S/C4H8NO2Se/c1-2(6)3(5)4(7)8/h2-3,6H,5H2,1H3/t2-,3+/m1/s1. The van der Waals surface area contributed by atoms with Gasteiger partial charge in [-0.1, -0.05) is 0 Å². The van der Waals surface area contributed by atoms with Crippen LogP contribution in [0.25, 0.3) is 0 Å². The molecule has 0 aromatic heterocycles. The molecule has 3 nitrogen and oxygen atoms in total. The Morgan fingerprint density at radius 1 is 1.88 bits per heavy atom. The van der Waals surface area contributed by atoms with Gasteiger partial charge in [-0.05, 0) is 0 Å². The Hall–Kier alpha value is 0.109. The summed E-state index contributed by atoms with van der Waals surface area (Å²) in [6.45, 7) is 1.47. The Kier molecular flexibility index (Phi) is 3.24. The van der Waals surface area contributed by atoms with Gasteiger partial charge in [0.15, 0.2) is 0 Å². The number of carbonyl (C=O) groups is 1. The first kappa shape index (κ1) is 8.11. The fourth-order valence-corrected chi connectivity index (χ4v) is 0.610. The molecule has 0 saturated heterocycles. The second-order valence-corrected chi connectivity index (χ2v) is 2.43. The van der Waals surface area contributed by atoms with Crippen LogP contribution < -0.4 is 5.73 Å². The van der Waals surface area contributed by atoms with E-state index in [2.05, 4.69) is 16.0 Å². The molecule has 0 aromatic rings. The second kappa shape index (κ2) is 3.20. The molecule has 8 heavy (non-hydrogen) atoms. The number of hydrogen-bond acceptors (Lipinski definition) is 3. The van der Waals surface area contributed by atoms with Gasteiger partial charge in [-0.15, -0.1) is 0 Å². The van der Waals surface area contributed by atoms with Gasteiger partial charge in [-0.2, -0.15) is 0 Å². The van der Waals surface area contributed by atoms with Crippen LogP contribution >= 0.6 is 0 Å². The van der Waals surface area contributed by atoms with Crippen LogP contribution in [0, 0.1) is 0 Å². The first-order chi connectivity index (χ1) is 3.55. The predicted molar refractivity (Wildman–Crippen MR) is 30.4 cm³/mol. The first-order valence-electron chi connectivity index (χ1n) is 2.20. The van der Waals surface area contributed by atoms with Gasteiger partial charge in [0.05, 0.1) is 0 Å². The molecule has 0 aromatic carbocycles. The summed E-state index contributed by atoms with van der Waals surface area (Å²) >= 11 is 2.20. The average molecular weight is 181 g/mol. The van der Waals surface area contributed by atoms with E-state index in [1.54, 1.807) is 0 Å². The van der Waals surface area contributed by atoms with Gasteiger partial charge in [0, 0.05) is 0 Å². The van der Waals surface area contributed by atoms with Crippen LogP contribution in [-0.2, 0) is 4.79 Å². The molecule has 0 bridgehead atoms. The summed E-state index contributed by atoms with van der Waals surface area (Å²) in [5, 5.41) is 8.63. The summed E-state index contributed by atoms with van der Waals surface area (Å²) in [5.74, 6) is 0. The fourth-order valence-electron chi connectivity index (χ4n) is 0.197. The molecule has 0 aliphatic heterocycles. The molecule has 0 spiro atoms. The molecule has 2 atom stereocenters. The van der Waals surface area contributed by atoms with Crippen molar-refractivity contribution in [1.29, 1.82) is 0 Å². The Bertz CT molecular complexity index is 94.0. The van der Waals surface area contributed by atoms with Gasteiger partial charge in [-0.3, -0.25) is 0 Å². The van der Waals surface area contributed by atoms with Gasteiger partial charge < -0.3 is 0 Å². The predicted octanol–water partition coefficient (Wildman–Crippen LogP) is -1.61. The van der Waals surface area contributed by atoms with E-state index in [4.69, 9.17) is 10.8 Å². The monoisotopic (exact) mass is 182 g/mol. The third kappa shape index (κ3) is 2.43. The topological polar surface area (TPSA) is 63.3 Å². The van der Waals surface area contributed by atoms with E-state index >= 15 is 0 Å². The Morgan fingerprint density at radius 3 is 2.25 bits per heavy atom. The van der Waals surface area contributed by atoms with E-state index in [0.717, 1.165) is 0 Å². The number of aliphatic hydroxyl groups excluding tert-OH is 1. The zero-order valence-electron chi connectivity index (χ0n) is 4.50. The van der Waals surface area contributed by atoms with Crippen LogP contribution in [-0.4, -0.2) is 37.9 Å². The molecule has 0 amide bonds. The van der Waals surface area contributed by atoms with Crippen molar-refractivity contribution in [1.82, 2.24) is 0 Å². The molecule has 0 unspecified atom stereocenters. The van der Waals surface area contributed by atoms with Crippen LogP contribution in [0.5, 0.6) is 0 Å². The van der Waals surface area contributed by atoms with E-state index < -0.39 is 12.1 Å². The van der Waals surface area contributed by atoms with Crippen molar-refractivity contribution in [3.63, 3.8) is 0 Å². The van der Waals surface area contributed by atoms with Crippen LogP contribution in [0.3, 0.4) is 0 Å². The summed E-state index contributed by atoms with van der Waals surface area (Å²) in [6, 6.07) is -0.769. The van der Waals surface area contributed by atoms with Gasteiger partial charge in [0.2, 0.25) is 0 Å². The number of carbonyl (C=O) groups excluding carboxylic acids is 1. The van der Waals surface area contributed by atoms with Crippen molar-refractivity contribution in [2.24, 2.45) is 5.73 Å². The van der Waals surface area contributed by atoms with Crippen LogP contribution in [0.2, 0.25) is 0 Å². The molecule has 0 aliphatic rings. The Labute approximate surface area is 56.1 Å². The molecule has 0 saturated carbocycles. The molecule has 3 N–H and O–H groups in total. The SMILES string of the molecule is C[C@@H](O)[C@H](N)C(=O)[Se]. The van der Waals surface area contributed by atoms with Gasteiger partial charge in [-0.25, -0.2) is 0 Å². The maximum atomic E-state index is 10.2. The molecular weight excluding hydrogens is 173 g/mol. The zero-order valence-corrected chi connectivity index (χ0v) is 6.21. The van der Waals surface area contributed by atoms with Gasteiger partial charge in [0.25, 0.3) is 0 Å². The van der Waals surface area contributed by atoms with Crippen molar-refractivity contribution in [2.45, 2.75) is 19.1 Å². The number of nitrogens with two attached hydrogens (primary N) is 1. The van der Waals surface area contributed by atoms with E-state index in [1.165, 1.54) is 6.92 Å². The second-order valence-electron chi connectivity index (χ2n) is 1.59. The zero-order chi connectivity index (χ0) is 6.73. The van der Waals surface area contributed by atoms with Crippen molar-refractivity contribution in [2.75, 3.05) is 0 Å². The van der Waals surface area contributed by atoms with E-state index in [1.807, 2.05) is 0 Å². The third-order valence-electron chi connectivity index (χ3n) is 0.792. The molecule has 0 rings (SSSR count). The first-order valence-corrected chi connectivity index (χ1v) is 3.06. The van der Waals surface area contributed by atoms with Crippen LogP contribution in [0.4, 0.5) is 0 Å². The van der Waals surface area contributed by atoms with E-state index in [9.17, 15) is 4.79 Å². The van der Waals surface area contributed by atoms with Crippen LogP contribution in [0.15, 0.2) is 0 Å². The summed E-state index contributed by atoms with van der Waals surface area (Å²) in [4.78, 5) is 10.2. The van der Waals surface area contributed by atoms with Crippen LogP contribution in [0.1, 0.15) is 6.92 Å². The summed E-state index contributed by atoms with van der Waals surface area (Å²) < 4.78 is -0.306.